The first kappa shape index (κ1) is 14.7. The molecule has 0 atom stereocenters. The molecule has 0 aliphatic heterocycles. The van der Waals surface area contributed by atoms with E-state index in [2.05, 4.69) is 24.1 Å². The lowest BCUT2D eigenvalue weighted by atomic mass is 10.2. The van der Waals surface area contributed by atoms with E-state index in [0.29, 0.717) is 18.8 Å². The maximum atomic E-state index is 13.4. The Balaban J connectivity index is 1.87. The molecule has 0 spiro atoms. The van der Waals surface area contributed by atoms with Crippen molar-refractivity contribution in [3.63, 3.8) is 0 Å². The van der Waals surface area contributed by atoms with E-state index >= 15 is 0 Å². The van der Waals surface area contributed by atoms with Crippen molar-refractivity contribution in [1.29, 1.82) is 0 Å². The Hall–Kier alpha value is -1.75. The van der Waals surface area contributed by atoms with Gasteiger partial charge in [0.2, 0.25) is 5.91 Å². The summed E-state index contributed by atoms with van der Waals surface area (Å²) in [6, 6.07) is 6.15. The summed E-state index contributed by atoms with van der Waals surface area (Å²) in [5, 5.41) is 5.54. The van der Waals surface area contributed by atoms with Crippen LogP contribution in [0.5, 0.6) is 0 Å². The highest BCUT2D eigenvalue weighted by atomic mass is 32.1. The van der Waals surface area contributed by atoms with Crippen molar-refractivity contribution in [1.82, 2.24) is 4.98 Å². The van der Waals surface area contributed by atoms with E-state index in [0.717, 1.165) is 10.7 Å². The van der Waals surface area contributed by atoms with Gasteiger partial charge in [-0.3, -0.25) is 4.79 Å². The summed E-state index contributed by atoms with van der Waals surface area (Å²) in [5.41, 5.74) is 1.28. The van der Waals surface area contributed by atoms with Crippen molar-refractivity contribution in [3.8, 4) is 0 Å². The van der Waals surface area contributed by atoms with E-state index in [1.54, 1.807) is 29.5 Å². The van der Waals surface area contributed by atoms with Gasteiger partial charge in [0.15, 0.2) is 0 Å². The molecule has 106 valence electrons. The van der Waals surface area contributed by atoms with Crippen molar-refractivity contribution in [3.05, 3.63) is 46.2 Å². The predicted molar refractivity (Wildman–Crippen MR) is 79.6 cm³/mol. The van der Waals surface area contributed by atoms with Crippen molar-refractivity contribution in [2.45, 2.75) is 32.6 Å². The molecule has 0 aliphatic rings. The van der Waals surface area contributed by atoms with Gasteiger partial charge in [0, 0.05) is 18.2 Å². The van der Waals surface area contributed by atoms with Crippen molar-refractivity contribution in [2.75, 3.05) is 5.32 Å². The number of aryl methyl sites for hydroxylation is 1. The first-order valence-electron chi connectivity index (χ1n) is 6.55. The molecule has 0 bridgehead atoms. The molecule has 1 amide bonds. The Morgan fingerprint density at radius 3 is 2.80 bits per heavy atom. The first-order chi connectivity index (χ1) is 9.56. The molecular weight excluding hydrogens is 275 g/mol. The molecule has 0 radical (unpaired) electrons. The topological polar surface area (TPSA) is 42.0 Å². The Morgan fingerprint density at radius 2 is 2.15 bits per heavy atom. The predicted octanol–water partition coefficient (Wildman–Crippen LogP) is 3.98. The number of nitrogens with zero attached hydrogens (tertiary/aromatic N) is 1. The molecule has 0 aliphatic carbocycles. The standard InChI is InChI=1S/C15H17FN2OS/c1-10(2)13-9-20-15(18-13)8-7-14(19)17-12-6-4-3-5-11(12)16/h3-6,9-10H,7-8H2,1-2H3,(H,17,19). The van der Waals surface area contributed by atoms with Crippen LogP contribution in [0.1, 0.15) is 36.9 Å². The number of amides is 1. The van der Waals surface area contributed by atoms with Gasteiger partial charge in [-0.05, 0) is 18.1 Å². The minimum absolute atomic E-state index is 0.198. The lowest BCUT2D eigenvalue weighted by molar-refractivity contribution is -0.116. The molecular formula is C15H17FN2OS. The van der Waals surface area contributed by atoms with Crippen molar-refractivity contribution < 1.29 is 9.18 Å². The molecule has 0 saturated heterocycles. The second-order valence-corrected chi connectivity index (χ2v) is 5.79. The van der Waals surface area contributed by atoms with E-state index in [1.807, 2.05) is 5.38 Å². The fraction of sp³-hybridized carbons (Fsp3) is 0.333. The number of carbonyl (C=O) groups excluding carboxylic acids is 1. The van der Waals surface area contributed by atoms with E-state index in [4.69, 9.17) is 0 Å². The summed E-state index contributed by atoms with van der Waals surface area (Å²) in [6.07, 6.45) is 0.886. The zero-order chi connectivity index (χ0) is 14.5. The smallest absolute Gasteiger partial charge is 0.224 e. The van der Waals surface area contributed by atoms with Crippen LogP contribution >= 0.6 is 11.3 Å². The zero-order valence-electron chi connectivity index (χ0n) is 11.5. The lowest BCUT2D eigenvalue weighted by Gasteiger charge is -2.05. The summed E-state index contributed by atoms with van der Waals surface area (Å²) < 4.78 is 13.4. The fourth-order valence-corrected chi connectivity index (χ4v) is 2.66. The number of anilines is 1. The molecule has 0 fully saturated rings. The van der Waals surface area contributed by atoms with Crippen LogP contribution in [0, 0.1) is 5.82 Å². The van der Waals surface area contributed by atoms with Gasteiger partial charge in [0.1, 0.15) is 5.82 Å². The van der Waals surface area contributed by atoms with Gasteiger partial charge in [-0.15, -0.1) is 11.3 Å². The summed E-state index contributed by atoms with van der Waals surface area (Å²) >= 11 is 1.56. The van der Waals surface area contributed by atoms with E-state index in [-0.39, 0.29) is 11.6 Å². The van der Waals surface area contributed by atoms with Gasteiger partial charge >= 0.3 is 0 Å². The lowest BCUT2D eigenvalue weighted by Crippen LogP contribution is -2.13. The average molecular weight is 292 g/mol. The molecule has 20 heavy (non-hydrogen) atoms. The maximum Gasteiger partial charge on any atom is 0.224 e. The number of hydrogen-bond acceptors (Lipinski definition) is 3. The van der Waals surface area contributed by atoms with Gasteiger partial charge in [0.05, 0.1) is 16.4 Å². The van der Waals surface area contributed by atoms with Crippen LogP contribution in [0.15, 0.2) is 29.6 Å². The Kier molecular flexibility index (Phi) is 4.84. The summed E-state index contributed by atoms with van der Waals surface area (Å²) in [5.74, 6) is -0.221. The zero-order valence-corrected chi connectivity index (χ0v) is 12.3. The van der Waals surface area contributed by atoms with Crippen LogP contribution in [0.4, 0.5) is 10.1 Å². The highest BCUT2D eigenvalue weighted by Crippen LogP contribution is 2.19. The van der Waals surface area contributed by atoms with Gasteiger partial charge < -0.3 is 5.32 Å². The second kappa shape index (κ2) is 6.61. The number of nitrogens with one attached hydrogen (secondary N) is 1. The molecule has 2 aromatic rings. The molecule has 1 N–H and O–H groups in total. The highest BCUT2D eigenvalue weighted by molar-refractivity contribution is 7.09. The average Bonchev–Trinajstić information content (AvgIpc) is 2.88. The number of aromatic nitrogens is 1. The molecule has 0 unspecified atom stereocenters. The molecule has 1 heterocycles. The first-order valence-corrected chi connectivity index (χ1v) is 7.43. The van der Waals surface area contributed by atoms with Crippen LogP contribution < -0.4 is 5.32 Å². The number of benzene rings is 1. The summed E-state index contributed by atoms with van der Waals surface area (Å²) in [6.45, 7) is 4.17. The van der Waals surface area contributed by atoms with Crippen LogP contribution in [-0.4, -0.2) is 10.9 Å². The van der Waals surface area contributed by atoms with E-state index < -0.39 is 5.82 Å². The third kappa shape index (κ3) is 3.87. The van der Waals surface area contributed by atoms with Gasteiger partial charge in [-0.1, -0.05) is 26.0 Å². The monoisotopic (exact) mass is 292 g/mol. The molecule has 5 heteroatoms. The number of para-hydroxylation sites is 1. The van der Waals surface area contributed by atoms with Crippen LogP contribution in [-0.2, 0) is 11.2 Å². The van der Waals surface area contributed by atoms with Crippen molar-refractivity contribution >= 4 is 22.9 Å². The summed E-state index contributed by atoms with van der Waals surface area (Å²) in [7, 11) is 0. The molecule has 2 rings (SSSR count). The van der Waals surface area contributed by atoms with Crippen LogP contribution in [0.2, 0.25) is 0 Å². The number of hydrogen-bond donors (Lipinski definition) is 1. The summed E-state index contributed by atoms with van der Waals surface area (Å²) in [4.78, 5) is 16.2. The van der Waals surface area contributed by atoms with E-state index in [9.17, 15) is 9.18 Å². The molecule has 0 saturated carbocycles. The van der Waals surface area contributed by atoms with E-state index in [1.165, 1.54) is 6.07 Å². The van der Waals surface area contributed by atoms with Gasteiger partial charge in [-0.2, -0.15) is 0 Å². The molecule has 3 nitrogen and oxygen atoms in total. The number of rotatable bonds is 5. The number of halogens is 1. The maximum absolute atomic E-state index is 13.4. The second-order valence-electron chi connectivity index (χ2n) is 4.85. The Morgan fingerprint density at radius 1 is 1.40 bits per heavy atom. The molecule has 1 aromatic carbocycles. The third-order valence-corrected chi connectivity index (χ3v) is 3.80. The normalized spacial score (nSPS) is 10.8. The van der Waals surface area contributed by atoms with Crippen LogP contribution in [0.25, 0.3) is 0 Å². The minimum atomic E-state index is -0.419. The largest absolute Gasteiger partial charge is 0.324 e. The van der Waals surface area contributed by atoms with Gasteiger partial charge in [0.25, 0.3) is 0 Å². The Bertz CT molecular complexity index is 595. The quantitative estimate of drug-likeness (QED) is 0.905. The number of thiazole rings is 1. The Labute approximate surface area is 121 Å². The van der Waals surface area contributed by atoms with Crippen molar-refractivity contribution in [2.24, 2.45) is 0 Å². The molecule has 1 aromatic heterocycles. The third-order valence-electron chi connectivity index (χ3n) is 2.87. The minimum Gasteiger partial charge on any atom is -0.324 e. The van der Waals surface area contributed by atoms with Gasteiger partial charge in [-0.25, -0.2) is 9.37 Å². The highest BCUT2D eigenvalue weighted by Gasteiger charge is 2.09. The fourth-order valence-electron chi connectivity index (χ4n) is 1.70. The SMILES string of the molecule is CC(C)c1csc(CCC(=O)Nc2ccccc2F)n1. The van der Waals surface area contributed by atoms with Crippen LogP contribution in [0.3, 0.4) is 0 Å². The number of carbonyl (C=O) groups is 1.